The lowest BCUT2D eigenvalue weighted by Gasteiger charge is -2.12. The molecule has 19 heavy (non-hydrogen) atoms. The SMILES string of the molecule is COC(CNC(=O)COc1cccc(F)c1)C(=O)O. The number of hydrogen-bond acceptors (Lipinski definition) is 4. The van der Waals surface area contributed by atoms with E-state index in [0.717, 1.165) is 6.07 Å². The highest BCUT2D eigenvalue weighted by Gasteiger charge is 2.17. The predicted molar refractivity (Wildman–Crippen MR) is 63.3 cm³/mol. The van der Waals surface area contributed by atoms with Crippen molar-refractivity contribution in [2.24, 2.45) is 0 Å². The van der Waals surface area contributed by atoms with Crippen LogP contribution in [0.25, 0.3) is 0 Å². The molecule has 0 radical (unpaired) electrons. The summed E-state index contributed by atoms with van der Waals surface area (Å²) >= 11 is 0. The van der Waals surface area contributed by atoms with E-state index in [0.29, 0.717) is 0 Å². The van der Waals surface area contributed by atoms with Crippen molar-refractivity contribution in [3.05, 3.63) is 30.1 Å². The lowest BCUT2D eigenvalue weighted by molar-refractivity contribution is -0.148. The molecule has 1 aromatic carbocycles. The number of hydrogen-bond donors (Lipinski definition) is 2. The van der Waals surface area contributed by atoms with Crippen LogP contribution < -0.4 is 10.1 Å². The molecule has 0 aliphatic carbocycles. The van der Waals surface area contributed by atoms with Gasteiger partial charge in [-0.15, -0.1) is 0 Å². The van der Waals surface area contributed by atoms with Gasteiger partial charge in [-0.2, -0.15) is 0 Å². The molecule has 0 aliphatic rings. The molecule has 104 valence electrons. The Hall–Kier alpha value is -2.15. The Bertz CT molecular complexity index is 452. The second-order valence-corrected chi connectivity index (χ2v) is 3.61. The van der Waals surface area contributed by atoms with Crippen LogP contribution in [0.15, 0.2) is 24.3 Å². The summed E-state index contributed by atoms with van der Waals surface area (Å²) in [4.78, 5) is 22.0. The zero-order valence-corrected chi connectivity index (χ0v) is 10.3. The zero-order valence-electron chi connectivity index (χ0n) is 10.3. The van der Waals surface area contributed by atoms with E-state index in [4.69, 9.17) is 9.84 Å². The van der Waals surface area contributed by atoms with Gasteiger partial charge < -0.3 is 19.9 Å². The van der Waals surface area contributed by atoms with Gasteiger partial charge in [0.2, 0.25) is 0 Å². The highest BCUT2D eigenvalue weighted by atomic mass is 19.1. The number of carboxylic acid groups (broad SMARTS) is 1. The number of halogens is 1. The van der Waals surface area contributed by atoms with Crippen molar-refractivity contribution in [1.82, 2.24) is 5.32 Å². The van der Waals surface area contributed by atoms with Crippen LogP contribution in [0, 0.1) is 5.82 Å². The molecular formula is C12H14FNO5. The van der Waals surface area contributed by atoms with Crippen LogP contribution in [0.5, 0.6) is 5.75 Å². The largest absolute Gasteiger partial charge is 0.484 e. The number of rotatable bonds is 7. The summed E-state index contributed by atoms with van der Waals surface area (Å²) in [7, 11) is 1.23. The average molecular weight is 271 g/mol. The molecule has 0 aromatic heterocycles. The first-order valence-electron chi connectivity index (χ1n) is 5.43. The molecule has 1 rings (SSSR count). The molecule has 0 aliphatic heterocycles. The minimum absolute atomic E-state index is 0.169. The van der Waals surface area contributed by atoms with Crippen LogP contribution in [-0.2, 0) is 14.3 Å². The molecule has 0 saturated heterocycles. The van der Waals surface area contributed by atoms with Crippen molar-refractivity contribution >= 4 is 11.9 Å². The fourth-order valence-electron chi connectivity index (χ4n) is 1.23. The molecule has 2 N–H and O–H groups in total. The molecule has 0 fully saturated rings. The number of amides is 1. The van der Waals surface area contributed by atoms with Crippen LogP contribution in [0.1, 0.15) is 0 Å². The fraction of sp³-hybridized carbons (Fsp3) is 0.333. The molecule has 1 unspecified atom stereocenters. The average Bonchev–Trinajstić information content (AvgIpc) is 2.37. The van der Waals surface area contributed by atoms with Gasteiger partial charge in [0, 0.05) is 13.2 Å². The minimum atomic E-state index is -1.17. The maximum atomic E-state index is 12.8. The number of aliphatic carboxylic acids is 1. The van der Waals surface area contributed by atoms with E-state index in [1.807, 2.05) is 0 Å². The Morgan fingerprint density at radius 1 is 1.47 bits per heavy atom. The first-order chi connectivity index (χ1) is 9.02. The van der Waals surface area contributed by atoms with Gasteiger partial charge in [0.05, 0.1) is 6.54 Å². The van der Waals surface area contributed by atoms with E-state index < -0.39 is 23.8 Å². The molecular weight excluding hydrogens is 257 g/mol. The molecule has 1 amide bonds. The van der Waals surface area contributed by atoms with Gasteiger partial charge >= 0.3 is 5.97 Å². The molecule has 7 heteroatoms. The third-order valence-electron chi connectivity index (χ3n) is 2.21. The van der Waals surface area contributed by atoms with Gasteiger partial charge in [0.15, 0.2) is 12.7 Å². The van der Waals surface area contributed by atoms with Crippen LogP contribution in [0.3, 0.4) is 0 Å². The summed E-state index contributed by atoms with van der Waals surface area (Å²) in [6, 6.07) is 5.35. The smallest absolute Gasteiger partial charge is 0.334 e. The topological polar surface area (TPSA) is 84.9 Å². The van der Waals surface area contributed by atoms with E-state index >= 15 is 0 Å². The van der Waals surface area contributed by atoms with Crippen molar-refractivity contribution < 1.29 is 28.6 Å². The summed E-state index contributed by atoms with van der Waals surface area (Å²) in [5.74, 6) is -1.94. The lowest BCUT2D eigenvalue weighted by atomic mass is 10.3. The quantitative estimate of drug-likeness (QED) is 0.750. The van der Waals surface area contributed by atoms with Gasteiger partial charge in [-0.05, 0) is 12.1 Å². The standard InChI is InChI=1S/C12H14FNO5/c1-18-10(12(16)17)6-14-11(15)7-19-9-4-2-3-8(13)5-9/h2-5,10H,6-7H2,1H3,(H,14,15)(H,16,17). The van der Waals surface area contributed by atoms with E-state index in [9.17, 15) is 14.0 Å². The normalized spacial score (nSPS) is 11.7. The highest BCUT2D eigenvalue weighted by molar-refractivity contribution is 5.79. The van der Waals surface area contributed by atoms with Crippen LogP contribution >= 0.6 is 0 Å². The van der Waals surface area contributed by atoms with Crippen LogP contribution in [-0.4, -0.2) is 43.3 Å². The van der Waals surface area contributed by atoms with Crippen LogP contribution in [0.4, 0.5) is 4.39 Å². The number of carbonyl (C=O) groups is 2. The second-order valence-electron chi connectivity index (χ2n) is 3.61. The Labute approximate surface area is 109 Å². The van der Waals surface area contributed by atoms with E-state index in [1.54, 1.807) is 0 Å². The number of carbonyl (C=O) groups excluding carboxylic acids is 1. The number of nitrogens with one attached hydrogen (secondary N) is 1. The van der Waals surface area contributed by atoms with Crippen molar-refractivity contribution in [2.45, 2.75) is 6.10 Å². The summed E-state index contributed by atoms with van der Waals surface area (Å²) in [5, 5.41) is 11.0. The van der Waals surface area contributed by atoms with Gasteiger partial charge in [0.1, 0.15) is 11.6 Å². The maximum Gasteiger partial charge on any atom is 0.334 e. The molecule has 0 bridgehead atoms. The minimum Gasteiger partial charge on any atom is -0.484 e. The molecule has 1 atom stereocenters. The highest BCUT2D eigenvalue weighted by Crippen LogP contribution is 2.11. The van der Waals surface area contributed by atoms with Crippen molar-refractivity contribution in [3.8, 4) is 5.75 Å². The monoisotopic (exact) mass is 271 g/mol. The fourth-order valence-corrected chi connectivity index (χ4v) is 1.23. The summed E-state index contributed by atoms with van der Waals surface area (Å²) in [6.07, 6.45) is -1.11. The summed E-state index contributed by atoms with van der Waals surface area (Å²) in [6.45, 7) is -0.503. The molecule has 1 aromatic rings. The van der Waals surface area contributed by atoms with Crippen molar-refractivity contribution in [3.63, 3.8) is 0 Å². The van der Waals surface area contributed by atoms with Gasteiger partial charge in [-0.3, -0.25) is 4.79 Å². The first kappa shape index (κ1) is 14.9. The number of carboxylic acids is 1. The third-order valence-corrected chi connectivity index (χ3v) is 2.21. The van der Waals surface area contributed by atoms with E-state index in [-0.39, 0.29) is 18.9 Å². The molecule has 0 heterocycles. The van der Waals surface area contributed by atoms with E-state index in [1.165, 1.54) is 25.3 Å². The van der Waals surface area contributed by atoms with Crippen molar-refractivity contribution in [2.75, 3.05) is 20.3 Å². The Kier molecular flexibility index (Phi) is 5.74. The Balaban J connectivity index is 2.34. The van der Waals surface area contributed by atoms with Gasteiger partial charge in [-0.25, -0.2) is 9.18 Å². The second kappa shape index (κ2) is 7.32. The number of ether oxygens (including phenoxy) is 2. The Morgan fingerprint density at radius 2 is 2.21 bits per heavy atom. The zero-order chi connectivity index (χ0) is 14.3. The number of benzene rings is 1. The predicted octanol–water partition coefficient (Wildman–Crippen LogP) is 0.420. The van der Waals surface area contributed by atoms with Crippen molar-refractivity contribution in [1.29, 1.82) is 0 Å². The van der Waals surface area contributed by atoms with E-state index in [2.05, 4.69) is 10.1 Å². The van der Waals surface area contributed by atoms with Gasteiger partial charge in [0.25, 0.3) is 5.91 Å². The van der Waals surface area contributed by atoms with Crippen LogP contribution in [0.2, 0.25) is 0 Å². The third kappa shape index (κ3) is 5.35. The maximum absolute atomic E-state index is 12.8. The summed E-state index contributed by atoms with van der Waals surface area (Å²) in [5.41, 5.74) is 0. The van der Waals surface area contributed by atoms with Gasteiger partial charge in [-0.1, -0.05) is 6.07 Å². The lowest BCUT2D eigenvalue weighted by Crippen LogP contribution is -2.39. The first-order valence-corrected chi connectivity index (χ1v) is 5.43. The molecule has 0 saturated carbocycles. The molecule has 6 nitrogen and oxygen atoms in total. The summed E-state index contributed by atoms with van der Waals surface area (Å²) < 4.78 is 22.5. The molecule has 0 spiro atoms. The Morgan fingerprint density at radius 3 is 2.79 bits per heavy atom. The number of methoxy groups -OCH3 is 1.